The predicted octanol–water partition coefficient (Wildman–Crippen LogP) is 2.13. The number of aryl methyl sites for hydroxylation is 2. The summed E-state index contributed by atoms with van der Waals surface area (Å²) in [5, 5.41) is 10.1. The number of benzene rings is 1. The van der Waals surface area contributed by atoms with E-state index in [4.69, 9.17) is 11.6 Å². The van der Waals surface area contributed by atoms with E-state index in [1.807, 2.05) is 6.92 Å². The third kappa shape index (κ3) is 3.79. The van der Waals surface area contributed by atoms with Crippen molar-refractivity contribution >= 4 is 17.5 Å². The number of halogens is 1. The molecule has 0 radical (unpaired) electrons. The normalized spacial score (nSPS) is 10.4. The van der Waals surface area contributed by atoms with Gasteiger partial charge in [-0.1, -0.05) is 11.6 Å². The smallest absolute Gasteiger partial charge is 0.251 e. The van der Waals surface area contributed by atoms with Crippen LogP contribution in [0.5, 0.6) is 0 Å². The molecule has 0 aliphatic rings. The molecule has 1 aromatic carbocycles. The van der Waals surface area contributed by atoms with Gasteiger partial charge >= 0.3 is 0 Å². The lowest BCUT2D eigenvalue weighted by Gasteiger charge is -2.06. The zero-order valence-corrected chi connectivity index (χ0v) is 11.4. The zero-order chi connectivity index (χ0) is 13.7. The Morgan fingerprint density at radius 2 is 2.32 bits per heavy atom. The highest BCUT2D eigenvalue weighted by Crippen LogP contribution is 2.16. The van der Waals surface area contributed by atoms with Crippen LogP contribution in [0.3, 0.4) is 0 Å². The van der Waals surface area contributed by atoms with E-state index in [0.717, 1.165) is 24.2 Å². The van der Waals surface area contributed by atoms with Gasteiger partial charge in [0.05, 0.1) is 0 Å². The summed E-state index contributed by atoms with van der Waals surface area (Å²) in [6.07, 6.45) is 3.05. The molecule has 0 saturated heterocycles. The van der Waals surface area contributed by atoms with E-state index in [-0.39, 0.29) is 5.91 Å². The lowest BCUT2D eigenvalue weighted by molar-refractivity contribution is 0.0953. The van der Waals surface area contributed by atoms with Gasteiger partial charge in [0, 0.05) is 23.6 Å². The molecule has 1 heterocycles. The third-order valence-corrected chi connectivity index (χ3v) is 3.19. The fraction of sp³-hybridized carbons (Fsp3) is 0.308. The van der Waals surface area contributed by atoms with E-state index in [0.29, 0.717) is 17.1 Å². The first kappa shape index (κ1) is 13.5. The van der Waals surface area contributed by atoms with Gasteiger partial charge in [0.15, 0.2) is 0 Å². The number of rotatable bonds is 5. The van der Waals surface area contributed by atoms with Crippen molar-refractivity contribution in [2.24, 2.45) is 0 Å². The number of hydrogen-bond acceptors (Lipinski definition) is 3. The van der Waals surface area contributed by atoms with Crippen LogP contribution in [0.4, 0.5) is 0 Å². The number of amides is 1. The summed E-state index contributed by atoms with van der Waals surface area (Å²) in [5.41, 5.74) is 1.53. The minimum atomic E-state index is -0.0858. The van der Waals surface area contributed by atoms with Crippen LogP contribution in [0.25, 0.3) is 0 Å². The van der Waals surface area contributed by atoms with Gasteiger partial charge in [0.2, 0.25) is 0 Å². The van der Waals surface area contributed by atoms with E-state index < -0.39 is 0 Å². The number of carbonyl (C=O) groups is 1. The average Bonchev–Trinajstić information content (AvgIpc) is 2.91. The van der Waals surface area contributed by atoms with Crippen molar-refractivity contribution in [3.05, 3.63) is 46.5 Å². The number of nitrogens with zero attached hydrogens (tertiary/aromatic N) is 2. The van der Waals surface area contributed by atoms with Crippen LogP contribution in [-0.4, -0.2) is 27.6 Å². The molecular formula is C13H15ClN4O. The van der Waals surface area contributed by atoms with Crippen LogP contribution in [0, 0.1) is 6.92 Å². The van der Waals surface area contributed by atoms with Crippen molar-refractivity contribution < 1.29 is 4.79 Å². The number of carbonyl (C=O) groups excluding carboxylic acids is 1. The molecule has 1 amide bonds. The molecule has 0 atom stereocenters. The van der Waals surface area contributed by atoms with Crippen molar-refractivity contribution in [1.82, 2.24) is 20.5 Å². The summed E-state index contributed by atoms with van der Waals surface area (Å²) >= 11 is 5.92. The molecule has 0 fully saturated rings. The van der Waals surface area contributed by atoms with Crippen LogP contribution in [0.1, 0.15) is 28.2 Å². The molecule has 5 nitrogen and oxygen atoms in total. The molecule has 0 aliphatic carbocycles. The van der Waals surface area contributed by atoms with Gasteiger partial charge in [0.25, 0.3) is 5.91 Å². The minimum absolute atomic E-state index is 0.0858. The molecule has 0 aliphatic heterocycles. The standard InChI is InChI=1S/C13H15ClN4O/c1-9-7-10(4-5-11(9)14)13(19)15-6-2-3-12-16-8-17-18-12/h4-5,7-8H,2-3,6H2,1H3,(H,15,19)(H,16,17,18). The number of H-pyrrole nitrogens is 1. The Labute approximate surface area is 116 Å². The van der Waals surface area contributed by atoms with Crippen molar-refractivity contribution in [3.8, 4) is 0 Å². The number of hydrogen-bond donors (Lipinski definition) is 2. The van der Waals surface area contributed by atoms with E-state index in [1.54, 1.807) is 18.2 Å². The molecule has 19 heavy (non-hydrogen) atoms. The van der Waals surface area contributed by atoms with Gasteiger partial charge < -0.3 is 5.32 Å². The highest BCUT2D eigenvalue weighted by Gasteiger charge is 2.06. The molecule has 6 heteroatoms. The molecule has 2 N–H and O–H groups in total. The van der Waals surface area contributed by atoms with Crippen LogP contribution in [0.2, 0.25) is 5.02 Å². The summed E-state index contributed by atoms with van der Waals surface area (Å²) in [6.45, 7) is 2.48. The highest BCUT2D eigenvalue weighted by atomic mass is 35.5. The van der Waals surface area contributed by atoms with E-state index in [9.17, 15) is 4.79 Å². The fourth-order valence-electron chi connectivity index (χ4n) is 1.70. The summed E-state index contributed by atoms with van der Waals surface area (Å²) in [6, 6.07) is 5.25. The quantitative estimate of drug-likeness (QED) is 0.823. The highest BCUT2D eigenvalue weighted by molar-refractivity contribution is 6.31. The predicted molar refractivity (Wildman–Crippen MR) is 73.2 cm³/mol. The third-order valence-electron chi connectivity index (χ3n) is 2.76. The molecule has 0 unspecified atom stereocenters. The Hall–Kier alpha value is -1.88. The minimum Gasteiger partial charge on any atom is -0.352 e. The Morgan fingerprint density at radius 1 is 1.47 bits per heavy atom. The van der Waals surface area contributed by atoms with Crippen molar-refractivity contribution in [3.63, 3.8) is 0 Å². The van der Waals surface area contributed by atoms with Crippen LogP contribution in [-0.2, 0) is 6.42 Å². The Balaban J connectivity index is 1.79. The summed E-state index contributed by atoms with van der Waals surface area (Å²) in [7, 11) is 0. The van der Waals surface area contributed by atoms with Crippen LogP contribution < -0.4 is 5.32 Å². The van der Waals surface area contributed by atoms with Gasteiger partial charge in [-0.2, -0.15) is 5.10 Å². The molecule has 0 spiro atoms. The number of aromatic nitrogens is 3. The Kier molecular flexibility index (Phi) is 4.52. The molecule has 1 aromatic heterocycles. The maximum atomic E-state index is 11.9. The summed E-state index contributed by atoms with van der Waals surface area (Å²) in [5.74, 6) is 0.744. The number of nitrogens with one attached hydrogen (secondary N) is 2. The average molecular weight is 279 g/mol. The maximum absolute atomic E-state index is 11.9. The largest absolute Gasteiger partial charge is 0.352 e. The van der Waals surface area contributed by atoms with Gasteiger partial charge in [-0.3, -0.25) is 9.89 Å². The first-order chi connectivity index (χ1) is 9.16. The SMILES string of the molecule is Cc1cc(C(=O)NCCCc2ncn[nH]2)ccc1Cl. The van der Waals surface area contributed by atoms with E-state index in [1.165, 1.54) is 6.33 Å². The first-order valence-electron chi connectivity index (χ1n) is 6.05. The van der Waals surface area contributed by atoms with Gasteiger partial charge in [-0.25, -0.2) is 4.98 Å². The van der Waals surface area contributed by atoms with Gasteiger partial charge in [-0.15, -0.1) is 0 Å². The van der Waals surface area contributed by atoms with E-state index >= 15 is 0 Å². The maximum Gasteiger partial charge on any atom is 0.251 e. The molecule has 0 saturated carbocycles. The first-order valence-corrected chi connectivity index (χ1v) is 6.43. The van der Waals surface area contributed by atoms with Crippen molar-refractivity contribution in [2.75, 3.05) is 6.54 Å². The van der Waals surface area contributed by atoms with E-state index in [2.05, 4.69) is 20.5 Å². The second kappa shape index (κ2) is 6.33. The number of aromatic amines is 1. The fourth-order valence-corrected chi connectivity index (χ4v) is 1.81. The molecule has 0 bridgehead atoms. The van der Waals surface area contributed by atoms with Crippen molar-refractivity contribution in [1.29, 1.82) is 0 Å². The van der Waals surface area contributed by atoms with Gasteiger partial charge in [-0.05, 0) is 37.1 Å². The second-order valence-electron chi connectivity index (χ2n) is 4.26. The van der Waals surface area contributed by atoms with Crippen LogP contribution >= 0.6 is 11.6 Å². The monoisotopic (exact) mass is 278 g/mol. The van der Waals surface area contributed by atoms with Gasteiger partial charge in [0.1, 0.15) is 12.2 Å². The summed E-state index contributed by atoms with van der Waals surface area (Å²) in [4.78, 5) is 15.9. The molecular weight excluding hydrogens is 264 g/mol. The van der Waals surface area contributed by atoms with Crippen molar-refractivity contribution in [2.45, 2.75) is 19.8 Å². The van der Waals surface area contributed by atoms with Crippen LogP contribution in [0.15, 0.2) is 24.5 Å². The summed E-state index contributed by atoms with van der Waals surface area (Å²) < 4.78 is 0. The zero-order valence-electron chi connectivity index (χ0n) is 10.6. The molecule has 2 rings (SSSR count). The topological polar surface area (TPSA) is 70.7 Å². The molecule has 100 valence electrons. The Bertz CT molecular complexity index is 554. The lowest BCUT2D eigenvalue weighted by Crippen LogP contribution is -2.24. The lowest BCUT2D eigenvalue weighted by atomic mass is 10.1. The second-order valence-corrected chi connectivity index (χ2v) is 4.66. The Morgan fingerprint density at radius 3 is 3.00 bits per heavy atom. The molecule has 2 aromatic rings.